The van der Waals surface area contributed by atoms with Crippen molar-refractivity contribution in [1.29, 1.82) is 0 Å². The Balaban J connectivity index is 0.000000123. The third-order valence-electron chi connectivity index (χ3n) is 17.1. The van der Waals surface area contributed by atoms with Crippen molar-refractivity contribution in [2.24, 2.45) is 0 Å². The molecule has 20 nitrogen and oxygen atoms in total. The fourth-order valence-corrected chi connectivity index (χ4v) is 12.7. The van der Waals surface area contributed by atoms with Gasteiger partial charge in [-0.2, -0.15) is 0 Å². The van der Waals surface area contributed by atoms with E-state index in [0.29, 0.717) is 122 Å². The van der Waals surface area contributed by atoms with Gasteiger partial charge in [0, 0.05) is 0 Å². The SMILES string of the molecule is O=C1[N-]CCC[C@@H]1N1C(=O)c2cc3ccccc3cc2C1=O.O=C1[N-]CCC[C@@H]1N1C(=O)c2cc3ccccc3cc2C1=O.O=C1[N-]CCC[C@@H]1N1C(=O)c2cc3ccccc3cc2C1=O.O=C1[N-]CCC[C@@H]1N1C(=O)c2cc3ccccc3cc2C1=O.[Rh+2].[Rh+2]. The van der Waals surface area contributed by atoms with Gasteiger partial charge in [0.15, 0.2) is 0 Å². The monoisotopic (exact) mass is 1380 g/mol. The summed E-state index contributed by atoms with van der Waals surface area (Å²) in [6, 6.07) is 41.2. The summed E-state index contributed by atoms with van der Waals surface area (Å²) in [5.41, 5.74) is 3.02. The number of carbonyl (C=O) groups excluding carboxylic acids is 12. The number of imide groups is 4. The Kier molecular flexibility index (Phi) is 17.6. The molecule has 8 heterocycles. The van der Waals surface area contributed by atoms with E-state index in [-0.39, 0.29) is 110 Å². The summed E-state index contributed by atoms with van der Waals surface area (Å²) in [7, 11) is 0. The van der Waals surface area contributed by atoms with Crippen LogP contribution in [0, 0.1) is 0 Å². The van der Waals surface area contributed by atoms with Gasteiger partial charge >= 0.3 is 39.0 Å². The molecule has 22 heteroatoms. The van der Waals surface area contributed by atoms with Crippen molar-refractivity contribution in [3.63, 3.8) is 0 Å². The molecule has 0 bridgehead atoms. The zero-order chi connectivity index (χ0) is 61.1. The third kappa shape index (κ3) is 11.1. The summed E-state index contributed by atoms with van der Waals surface area (Å²) >= 11 is 0. The average molecular weight is 1380 g/mol. The van der Waals surface area contributed by atoms with Crippen LogP contribution in [0.1, 0.15) is 134 Å². The Bertz CT molecular complexity index is 3660. The van der Waals surface area contributed by atoms with Crippen LogP contribution in [0.15, 0.2) is 146 Å². The van der Waals surface area contributed by atoms with Crippen LogP contribution >= 0.6 is 0 Å². The van der Waals surface area contributed by atoms with Gasteiger partial charge in [-0.1, -0.05) is 123 Å². The molecule has 4 fully saturated rings. The summed E-state index contributed by atoms with van der Waals surface area (Å²) in [6.45, 7) is 1.90. The molecular weight excluding hydrogens is 1330 g/mol. The molecule has 12 amide bonds. The quantitative estimate of drug-likeness (QED) is 0.118. The summed E-state index contributed by atoms with van der Waals surface area (Å²) in [6.07, 6.45) is 4.83. The van der Waals surface area contributed by atoms with Crippen LogP contribution in [-0.4, -0.2) is 141 Å². The number of piperidine rings is 4. The molecule has 454 valence electrons. The van der Waals surface area contributed by atoms with Crippen molar-refractivity contribution < 1.29 is 96.5 Å². The van der Waals surface area contributed by atoms with Crippen molar-refractivity contribution in [2.45, 2.75) is 75.5 Å². The molecule has 8 aliphatic rings. The van der Waals surface area contributed by atoms with E-state index in [2.05, 4.69) is 21.3 Å². The number of hydrogen-bond donors (Lipinski definition) is 0. The molecule has 4 saturated heterocycles. The van der Waals surface area contributed by atoms with Crippen LogP contribution in [-0.2, 0) is 58.1 Å². The van der Waals surface area contributed by atoms with Gasteiger partial charge in [-0.25, -0.2) is 0 Å². The normalized spacial score (nSPS) is 20.7. The maximum atomic E-state index is 12.6. The van der Waals surface area contributed by atoms with E-state index in [9.17, 15) is 57.5 Å². The molecule has 0 unspecified atom stereocenters. The van der Waals surface area contributed by atoms with Crippen molar-refractivity contribution in [3.05, 3.63) is 211 Å². The molecule has 8 aliphatic heterocycles. The molecular formula is C68H52N8O12Rh2. The van der Waals surface area contributed by atoms with Gasteiger partial charge in [0.25, 0.3) is 47.3 Å². The molecule has 16 rings (SSSR count). The van der Waals surface area contributed by atoms with Gasteiger partial charge in [-0.15, -0.1) is 26.2 Å². The maximum absolute atomic E-state index is 12.6. The van der Waals surface area contributed by atoms with Crippen LogP contribution in [0.25, 0.3) is 64.4 Å². The van der Waals surface area contributed by atoms with Crippen LogP contribution in [0.5, 0.6) is 0 Å². The predicted molar refractivity (Wildman–Crippen MR) is 323 cm³/mol. The molecule has 0 saturated carbocycles. The molecule has 2 radical (unpaired) electrons. The van der Waals surface area contributed by atoms with Crippen LogP contribution < -0.4 is 0 Å². The summed E-state index contributed by atoms with van der Waals surface area (Å²) in [5, 5.41) is 22.7. The second kappa shape index (κ2) is 25.5. The first kappa shape index (κ1) is 62.1. The Labute approximate surface area is 539 Å². The van der Waals surface area contributed by atoms with Gasteiger partial charge in [0.2, 0.25) is 0 Å². The zero-order valence-corrected chi connectivity index (χ0v) is 51.1. The second-order valence-electron chi connectivity index (χ2n) is 22.4. The Morgan fingerprint density at radius 3 is 0.522 bits per heavy atom. The first-order valence-electron chi connectivity index (χ1n) is 29.1. The first-order valence-corrected chi connectivity index (χ1v) is 29.1. The van der Waals surface area contributed by atoms with E-state index < -0.39 is 24.2 Å². The van der Waals surface area contributed by atoms with Crippen molar-refractivity contribution in [3.8, 4) is 0 Å². The van der Waals surface area contributed by atoms with E-state index >= 15 is 0 Å². The van der Waals surface area contributed by atoms with Crippen molar-refractivity contribution in [2.75, 3.05) is 26.2 Å². The number of benzene rings is 8. The Morgan fingerprint density at radius 2 is 0.389 bits per heavy atom. The van der Waals surface area contributed by atoms with Crippen molar-refractivity contribution >= 4 is 114 Å². The number of amides is 12. The fourth-order valence-electron chi connectivity index (χ4n) is 12.7. The molecule has 8 aromatic rings. The minimum absolute atomic E-state index is 0. The minimum atomic E-state index is -0.746. The molecule has 4 atom stereocenters. The molecule has 0 N–H and O–H groups in total. The van der Waals surface area contributed by atoms with Gasteiger partial charge in [-0.3, -0.25) is 58.0 Å². The smallest absolute Gasteiger partial charge is 0.652 e. The molecule has 0 aromatic heterocycles. The standard InChI is InChI=1S/4C17H14N2O3.2Rh/c4*20-15-14(6-3-7-18-15)19-16(21)12-8-10-4-1-2-5-11(10)9-13(12)17(19)22;;/h4*1-2,4-5,8-9,14H,3,6-7H2,(H,18,20);;/q;;;;2*+2/p-4/t4*14-;;/m0000../s1. The topological polar surface area (TPSA) is 274 Å². The zero-order valence-electron chi connectivity index (χ0n) is 47.8. The van der Waals surface area contributed by atoms with E-state index in [4.69, 9.17) is 0 Å². The first-order chi connectivity index (χ1) is 42.7. The van der Waals surface area contributed by atoms with Crippen molar-refractivity contribution in [1.82, 2.24) is 19.6 Å². The number of rotatable bonds is 4. The molecule has 8 aromatic carbocycles. The van der Waals surface area contributed by atoms with Crippen LogP contribution in [0.3, 0.4) is 0 Å². The van der Waals surface area contributed by atoms with E-state index in [1.54, 1.807) is 48.5 Å². The number of hydrogen-bond acceptors (Lipinski definition) is 12. The average Bonchev–Trinajstić information content (AvgIpc) is 1.68. The minimum Gasteiger partial charge on any atom is -0.652 e. The molecule has 0 aliphatic carbocycles. The Hall–Kier alpha value is -9.51. The van der Waals surface area contributed by atoms with Crippen LogP contribution in [0.2, 0.25) is 0 Å². The molecule has 90 heavy (non-hydrogen) atoms. The maximum Gasteiger partial charge on any atom is 2.00 e. The third-order valence-corrected chi connectivity index (χ3v) is 17.1. The second-order valence-corrected chi connectivity index (χ2v) is 22.4. The van der Waals surface area contributed by atoms with Gasteiger partial charge in [-0.05, 0) is 117 Å². The fraction of sp³-hybridized carbons (Fsp3) is 0.235. The largest absolute Gasteiger partial charge is 2.00 e. The Morgan fingerprint density at radius 1 is 0.244 bits per heavy atom. The number of carbonyl (C=O) groups is 12. The molecule has 0 spiro atoms. The number of nitrogens with zero attached hydrogens (tertiary/aromatic N) is 8. The summed E-state index contributed by atoms with van der Waals surface area (Å²) in [5.74, 6) is -4.58. The van der Waals surface area contributed by atoms with E-state index in [1.807, 2.05) is 97.1 Å². The predicted octanol–water partition coefficient (Wildman–Crippen LogP) is 9.99. The number of fused-ring (bicyclic) bond motifs is 8. The van der Waals surface area contributed by atoms with Gasteiger partial charge in [0.05, 0.1) is 92.3 Å². The van der Waals surface area contributed by atoms with Gasteiger partial charge in [0.1, 0.15) is 0 Å². The summed E-state index contributed by atoms with van der Waals surface area (Å²) < 4.78 is 0. The van der Waals surface area contributed by atoms with Gasteiger partial charge < -0.3 is 40.4 Å². The summed E-state index contributed by atoms with van der Waals surface area (Å²) in [4.78, 5) is 153. The van der Waals surface area contributed by atoms with E-state index in [1.165, 1.54) is 0 Å². The van der Waals surface area contributed by atoms with E-state index in [0.717, 1.165) is 62.7 Å². The van der Waals surface area contributed by atoms with Crippen LogP contribution in [0.4, 0.5) is 0 Å².